The molecule has 0 unspecified atom stereocenters. The Hall–Kier alpha value is -3.44. The van der Waals surface area contributed by atoms with Crippen LogP contribution in [0.5, 0.6) is 0 Å². The minimum Gasteiger partial charge on any atom is -0.351 e. The second kappa shape index (κ2) is 8.65. The molecule has 3 aromatic rings. The summed E-state index contributed by atoms with van der Waals surface area (Å²) in [5, 5.41) is 15.1. The van der Waals surface area contributed by atoms with Crippen molar-refractivity contribution < 1.29 is 4.79 Å². The zero-order chi connectivity index (χ0) is 24.7. The van der Waals surface area contributed by atoms with Crippen molar-refractivity contribution in [1.82, 2.24) is 25.1 Å². The summed E-state index contributed by atoms with van der Waals surface area (Å²) in [5.74, 6) is 3.64. The molecule has 1 N–H and O–H groups in total. The van der Waals surface area contributed by atoms with Crippen LogP contribution in [0.15, 0.2) is 42.6 Å². The van der Waals surface area contributed by atoms with Crippen LogP contribution in [0.2, 0.25) is 0 Å². The summed E-state index contributed by atoms with van der Waals surface area (Å²) in [6.45, 7) is 1.06. The molecule has 0 fully saturated rings. The first-order valence-electron chi connectivity index (χ1n) is 11.9. The summed E-state index contributed by atoms with van der Waals surface area (Å²) in [6, 6.07) is 12.4. The number of anilines is 1. The Morgan fingerprint density at radius 2 is 1.77 bits per heavy atom. The lowest BCUT2D eigenvalue weighted by Crippen LogP contribution is -2.37. The highest BCUT2D eigenvalue weighted by Crippen LogP contribution is 2.54. The third-order valence-corrected chi connectivity index (χ3v) is 7.13. The van der Waals surface area contributed by atoms with Crippen LogP contribution in [-0.4, -0.2) is 68.6 Å². The quantitative estimate of drug-likeness (QED) is 0.436. The van der Waals surface area contributed by atoms with Crippen LogP contribution in [0, 0.1) is 11.2 Å². The normalized spacial score (nSPS) is 16.3. The Morgan fingerprint density at radius 1 is 1.03 bits per heavy atom. The number of rotatable bonds is 3. The van der Waals surface area contributed by atoms with Crippen LogP contribution in [0.3, 0.4) is 0 Å². The van der Waals surface area contributed by atoms with E-state index in [9.17, 15) is 4.79 Å². The van der Waals surface area contributed by atoms with Gasteiger partial charge in [-0.1, -0.05) is 29.5 Å². The number of aromatic nitrogens is 4. The molecule has 1 aliphatic heterocycles. The topological polar surface area (TPSA) is 83.9 Å². The minimum atomic E-state index is -1.95. The maximum atomic E-state index is 13.0. The monoisotopic (exact) mass is 488 g/mol. The van der Waals surface area contributed by atoms with Crippen LogP contribution in [0.25, 0.3) is 0 Å². The smallest absolute Gasteiger partial charge is 0.274 e. The van der Waals surface area contributed by atoms with Gasteiger partial charge in [-0.15, -0.1) is 10.2 Å². The van der Waals surface area contributed by atoms with E-state index in [1.54, 1.807) is 17.0 Å². The predicted molar refractivity (Wildman–Crippen MR) is 143 cm³/mol. The van der Waals surface area contributed by atoms with Gasteiger partial charge in [-0.05, 0) is 67.0 Å². The van der Waals surface area contributed by atoms with Crippen LogP contribution in [0.1, 0.15) is 38.6 Å². The average Bonchev–Trinajstić information content (AvgIpc) is 3.24. The number of amides is 1. The van der Waals surface area contributed by atoms with Gasteiger partial charge in [-0.3, -0.25) is 4.79 Å². The molecule has 0 saturated carbocycles. The Labute approximate surface area is 207 Å². The van der Waals surface area contributed by atoms with E-state index in [1.807, 2.05) is 6.20 Å². The predicted octanol–water partition coefficient (Wildman–Crippen LogP) is 2.95. The number of fused-ring (bicyclic) bond motifs is 2. The Bertz CT molecular complexity index is 1320. The Balaban J connectivity index is 1.22. The molecule has 3 heterocycles. The second-order valence-corrected chi connectivity index (χ2v) is 18.7. The number of carbonyl (C=O) groups is 1. The summed E-state index contributed by atoms with van der Waals surface area (Å²) in [6.07, 6.45) is 13.3. The first-order chi connectivity index (χ1) is 16.6. The number of carbonyl (C=O) groups excluding carboxylic acids is 1. The largest absolute Gasteiger partial charge is 0.351 e. The molecular weight excluding hydrogens is 456 g/mol. The van der Waals surface area contributed by atoms with Gasteiger partial charge in [0.1, 0.15) is 5.69 Å². The number of hydrogen-bond donors (Lipinski definition) is 2. The lowest BCUT2D eigenvalue weighted by molar-refractivity contribution is 0.0726. The Kier molecular flexibility index (Phi) is 5.76. The molecule has 7 nitrogen and oxygen atoms in total. The van der Waals surface area contributed by atoms with Gasteiger partial charge in [0.25, 0.3) is 5.91 Å². The number of hydrogen-bond acceptors (Lipinski definition) is 6. The third-order valence-electron chi connectivity index (χ3n) is 6.12. The van der Waals surface area contributed by atoms with Crippen LogP contribution < -0.4 is 5.32 Å². The first-order valence-corrected chi connectivity index (χ1v) is 16.0. The van der Waals surface area contributed by atoms with Crippen LogP contribution in [-0.2, 0) is 25.8 Å². The van der Waals surface area contributed by atoms with Gasteiger partial charge in [-0.2, -0.15) is 0 Å². The molecule has 182 valence electrons. The zero-order valence-electron chi connectivity index (χ0n) is 20.7. The lowest BCUT2D eigenvalue weighted by Gasteiger charge is -2.40. The van der Waals surface area contributed by atoms with Crippen molar-refractivity contribution in [1.29, 1.82) is 0 Å². The van der Waals surface area contributed by atoms with Gasteiger partial charge in [0, 0.05) is 37.3 Å². The molecule has 1 aliphatic carbocycles. The molecule has 1 amide bonds. The fraction of sp³-hybridized carbons (Fsp3) is 0.370. The van der Waals surface area contributed by atoms with Crippen molar-refractivity contribution in [3.8, 4) is 11.2 Å². The number of nitrogens with zero attached hydrogens (tertiary/aromatic N) is 5. The van der Waals surface area contributed by atoms with E-state index in [1.165, 1.54) is 11.1 Å². The highest BCUT2D eigenvalue weighted by molar-refractivity contribution is 8.51. The number of thiol groups is 1. The molecule has 0 radical (unpaired) electrons. The van der Waals surface area contributed by atoms with E-state index in [0.29, 0.717) is 42.9 Å². The highest BCUT2D eigenvalue weighted by atomic mass is 32.3. The summed E-state index contributed by atoms with van der Waals surface area (Å²) < 4.78 is 0. The standard InChI is InChI=1S/C27H32N6OS/c1-35(2,3,4)14-12-22-9-10-25(32-31-22)26(34)33-13-11-24-21(18-33)17-28-27(30-24)29-23-15-19-7-5-6-8-20(19)16-23/h5-10,17,23,35H,11,13,15-16,18H2,1-4H3,(H,28,29,30). The second-order valence-electron chi connectivity index (χ2n) is 11.3. The summed E-state index contributed by atoms with van der Waals surface area (Å²) in [5.41, 5.74) is 5.68. The zero-order valence-corrected chi connectivity index (χ0v) is 21.6. The minimum absolute atomic E-state index is 0.134. The maximum absolute atomic E-state index is 13.0. The molecule has 0 saturated heterocycles. The van der Waals surface area contributed by atoms with Crippen molar-refractivity contribution in [2.75, 3.05) is 36.9 Å². The molecule has 0 atom stereocenters. The fourth-order valence-electron chi connectivity index (χ4n) is 4.36. The van der Waals surface area contributed by atoms with Gasteiger partial charge in [0.2, 0.25) is 5.95 Å². The van der Waals surface area contributed by atoms with Gasteiger partial charge in [0.05, 0.1) is 5.69 Å². The molecule has 0 spiro atoms. The fourth-order valence-corrected chi connectivity index (χ4v) is 4.92. The number of nitrogens with one attached hydrogen (secondary N) is 1. The molecule has 2 aromatic heterocycles. The van der Waals surface area contributed by atoms with Crippen molar-refractivity contribution in [3.63, 3.8) is 0 Å². The number of benzene rings is 1. The van der Waals surface area contributed by atoms with E-state index >= 15 is 0 Å². The van der Waals surface area contributed by atoms with E-state index in [2.05, 4.69) is 81.0 Å². The van der Waals surface area contributed by atoms with Crippen molar-refractivity contribution in [2.45, 2.75) is 31.8 Å². The van der Waals surface area contributed by atoms with E-state index in [4.69, 9.17) is 4.98 Å². The third kappa shape index (κ3) is 5.63. The van der Waals surface area contributed by atoms with Crippen molar-refractivity contribution in [3.05, 3.63) is 76.4 Å². The van der Waals surface area contributed by atoms with Gasteiger partial charge in [0.15, 0.2) is 5.69 Å². The molecule has 35 heavy (non-hydrogen) atoms. The highest BCUT2D eigenvalue weighted by Gasteiger charge is 2.26. The van der Waals surface area contributed by atoms with Gasteiger partial charge >= 0.3 is 0 Å². The maximum Gasteiger partial charge on any atom is 0.274 e. The van der Waals surface area contributed by atoms with Gasteiger partial charge in [-0.25, -0.2) is 19.1 Å². The van der Waals surface area contributed by atoms with Crippen LogP contribution >= 0.6 is 9.16 Å². The molecule has 5 rings (SSSR count). The van der Waals surface area contributed by atoms with Crippen molar-refractivity contribution >= 4 is 21.0 Å². The van der Waals surface area contributed by atoms with Crippen molar-refractivity contribution in [2.24, 2.45) is 0 Å². The first kappa shape index (κ1) is 23.3. The molecule has 2 aliphatic rings. The molecular formula is C27H32N6OS. The summed E-state index contributed by atoms with van der Waals surface area (Å²) >= 11 is 0. The van der Waals surface area contributed by atoms with E-state index in [0.717, 1.165) is 24.1 Å². The molecule has 1 aromatic carbocycles. The lowest BCUT2D eigenvalue weighted by atomic mass is 10.1. The van der Waals surface area contributed by atoms with Crippen LogP contribution in [0.4, 0.5) is 5.95 Å². The summed E-state index contributed by atoms with van der Waals surface area (Å²) in [4.78, 5) is 24.1. The van der Waals surface area contributed by atoms with Gasteiger partial charge < -0.3 is 10.2 Å². The Morgan fingerprint density at radius 3 is 2.43 bits per heavy atom. The summed E-state index contributed by atoms with van der Waals surface area (Å²) in [7, 11) is -1.95. The molecule has 8 heteroatoms. The SMILES string of the molecule is C[SH](C)(C)(C)C#Cc1ccc(C(=O)N2CCc3nc(NC4Cc5ccccc5C4)ncc3C2)nn1. The average molecular weight is 489 g/mol. The molecule has 0 bridgehead atoms. The van der Waals surface area contributed by atoms with E-state index < -0.39 is 9.16 Å². The van der Waals surface area contributed by atoms with E-state index in [-0.39, 0.29) is 5.91 Å².